The third-order valence-electron chi connectivity index (χ3n) is 2.95. The van der Waals surface area contributed by atoms with E-state index in [0.717, 1.165) is 37.2 Å². The Kier molecular flexibility index (Phi) is 4.55. The van der Waals surface area contributed by atoms with Gasteiger partial charge in [0.2, 0.25) is 5.88 Å². The number of nitrogens with one attached hydrogen (secondary N) is 1. The standard InChI is InChI=1S/C13H19N3O2/c1-17-13-6-5-10(9-15-13)8-11(16-14)12-4-2-3-7-18-12/h4-6,9,11,16H,2-3,7-8,14H2,1H3. The van der Waals surface area contributed by atoms with Gasteiger partial charge in [-0.3, -0.25) is 5.84 Å². The van der Waals surface area contributed by atoms with E-state index in [4.69, 9.17) is 15.3 Å². The van der Waals surface area contributed by atoms with E-state index < -0.39 is 0 Å². The van der Waals surface area contributed by atoms with Crippen molar-refractivity contribution in [3.8, 4) is 5.88 Å². The predicted octanol–water partition coefficient (Wildman–Crippen LogP) is 1.16. The summed E-state index contributed by atoms with van der Waals surface area (Å²) in [5.74, 6) is 7.14. The van der Waals surface area contributed by atoms with Crippen molar-refractivity contribution in [3.05, 3.63) is 35.7 Å². The van der Waals surface area contributed by atoms with E-state index in [2.05, 4.69) is 16.5 Å². The highest BCUT2D eigenvalue weighted by Gasteiger charge is 2.17. The van der Waals surface area contributed by atoms with Crippen LogP contribution in [-0.2, 0) is 11.2 Å². The Bertz CT molecular complexity index is 403. The molecule has 98 valence electrons. The summed E-state index contributed by atoms with van der Waals surface area (Å²) in [6.07, 6.45) is 6.77. The van der Waals surface area contributed by atoms with E-state index in [1.165, 1.54) is 0 Å². The Morgan fingerprint density at radius 1 is 1.56 bits per heavy atom. The molecule has 1 aromatic rings. The molecule has 0 fully saturated rings. The first-order valence-corrected chi connectivity index (χ1v) is 6.11. The fourth-order valence-electron chi connectivity index (χ4n) is 1.95. The first-order chi connectivity index (χ1) is 8.83. The minimum Gasteiger partial charge on any atom is -0.497 e. The van der Waals surface area contributed by atoms with Crippen LogP contribution in [0.1, 0.15) is 18.4 Å². The maximum Gasteiger partial charge on any atom is 0.212 e. The van der Waals surface area contributed by atoms with Gasteiger partial charge in [-0.1, -0.05) is 6.07 Å². The van der Waals surface area contributed by atoms with Crippen LogP contribution in [-0.4, -0.2) is 24.7 Å². The number of hydrogen-bond acceptors (Lipinski definition) is 5. The lowest BCUT2D eigenvalue weighted by molar-refractivity contribution is 0.167. The van der Waals surface area contributed by atoms with Gasteiger partial charge >= 0.3 is 0 Å². The molecule has 5 heteroatoms. The molecular weight excluding hydrogens is 230 g/mol. The van der Waals surface area contributed by atoms with Gasteiger partial charge in [-0.15, -0.1) is 0 Å². The molecule has 1 aliphatic rings. The largest absolute Gasteiger partial charge is 0.497 e. The zero-order valence-electron chi connectivity index (χ0n) is 10.6. The van der Waals surface area contributed by atoms with E-state index in [1.54, 1.807) is 13.3 Å². The second kappa shape index (κ2) is 6.37. The minimum atomic E-state index is 0.000458. The summed E-state index contributed by atoms with van der Waals surface area (Å²) >= 11 is 0. The summed E-state index contributed by atoms with van der Waals surface area (Å²) < 4.78 is 10.7. The van der Waals surface area contributed by atoms with Crippen LogP contribution < -0.4 is 16.0 Å². The van der Waals surface area contributed by atoms with Gasteiger partial charge in [-0.25, -0.2) is 10.4 Å². The third kappa shape index (κ3) is 3.21. The molecule has 0 bridgehead atoms. The number of hydrogen-bond donors (Lipinski definition) is 2. The molecule has 1 unspecified atom stereocenters. The van der Waals surface area contributed by atoms with Crippen molar-refractivity contribution in [3.63, 3.8) is 0 Å². The highest BCUT2D eigenvalue weighted by atomic mass is 16.5. The van der Waals surface area contributed by atoms with Crippen LogP contribution in [0.15, 0.2) is 30.2 Å². The van der Waals surface area contributed by atoms with Crippen LogP contribution >= 0.6 is 0 Å². The Hall–Kier alpha value is -1.59. The van der Waals surface area contributed by atoms with Crippen molar-refractivity contribution >= 4 is 0 Å². The summed E-state index contributed by atoms with van der Waals surface area (Å²) in [5.41, 5.74) is 3.89. The molecule has 0 saturated carbocycles. The SMILES string of the molecule is COc1ccc(CC(NN)C2=CCCCO2)cn1. The molecule has 0 spiro atoms. The van der Waals surface area contributed by atoms with Crippen LogP contribution in [0.4, 0.5) is 0 Å². The predicted molar refractivity (Wildman–Crippen MR) is 68.9 cm³/mol. The van der Waals surface area contributed by atoms with Gasteiger partial charge in [0.05, 0.1) is 19.8 Å². The average Bonchev–Trinajstić information content (AvgIpc) is 2.46. The lowest BCUT2D eigenvalue weighted by Crippen LogP contribution is -2.39. The zero-order valence-corrected chi connectivity index (χ0v) is 10.6. The number of allylic oxidation sites excluding steroid dienone is 1. The number of nitrogens with two attached hydrogens (primary N) is 1. The van der Waals surface area contributed by atoms with E-state index in [0.29, 0.717) is 5.88 Å². The number of ether oxygens (including phenoxy) is 2. The number of nitrogens with zero attached hydrogens (tertiary/aromatic N) is 1. The number of hydrazine groups is 1. The number of methoxy groups -OCH3 is 1. The second-order valence-electron chi connectivity index (χ2n) is 4.23. The first kappa shape index (κ1) is 12.9. The van der Waals surface area contributed by atoms with Gasteiger partial charge in [0.1, 0.15) is 5.76 Å². The van der Waals surface area contributed by atoms with Crippen LogP contribution in [0.2, 0.25) is 0 Å². The molecule has 1 aromatic heterocycles. The van der Waals surface area contributed by atoms with Crippen molar-refractivity contribution in [2.24, 2.45) is 5.84 Å². The van der Waals surface area contributed by atoms with Gasteiger partial charge < -0.3 is 9.47 Å². The molecule has 1 atom stereocenters. The molecule has 0 amide bonds. The second-order valence-corrected chi connectivity index (χ2v) is 4.23. The summed E-state index contributed by atoms with van der Waals surface area (Å²) in [6.45, 7) is 0.769. The van der Waals surface area contributed by atoms with Gasteiger partial charge in [-0.2, -0.15) is 0 Å². The first-order valence-electron chi connectivity index (χ1n) is 6.11. The third-order valence-corrected chi connectivity index (χ3v) is 2.95. The van der Waals surface area contributed by atoms with Crippen molar-refractivity contribution < 1.29 is 9.47 Å². The quantitative estimate of drug-likeness (QED) is 0.605. The topological polar surface area (TPSA) is 69.4 Å². The molecule has 0 saturated heterocycles. The molecule has 5 nitrogen and oxygen atoms in total. The van der Waals surface area contributed by atoms with Crippen LogP contribution in [0.3, 0.4) is 0 Å². The van der Waals surface area contributed by atoms with Gasteiger partial charge in [0.15, 0.2) is 0 Å². The maximum atomic E-state index is 5.62. The van der Waals surface area contributed by atoms with Crippen LogP contribution in [0.5, 0.6) is 5.88 Å². The smallest absolute Gasteiger partial charge is 0.212 e. The minimum absolute atomic E-state index is 0.000458. The molecule has 1 aliphatic heterocycles. The van der Waals surface area contributed by atoms with Crippen LogP contribution in [0, 0.1) is 0 Å². The Labute approximate surface area is 107 Å². The average molecular weight is 249 g/mol. The molecule has 0 aromatic carbocycles. The van der Waals surface area contributed by atoms with Crippen molar-refractivity contribution in [2.45, 2.75) is 25.3 Å². The summed E-state index contributed by atoms with van der Waals surface area (Å²) in [7, 11) is 1.60. The molecule has 2 rings (SSSR count). The summed E-state index contributed by atoms with van der Waals surface area (Å²) in [4.78, 5) is 4.18. The number of aromatic nitrogens is 1. The zero-order chi connectivity index (χ0) is 12.8. The molecular formula is C13H19N3O2. The van der Waals surface area contributed by atoms with E-state index >= 15 is 0 Å². The Morgan fingerprint density at radius 3 is 3.00 bits per heavy atom. The van der Waals surface area contributed by atoms with Crippen LogP contribution in [0.25, 0.3) is 0 Å². The lowest BCUT2D eigenvalue weighted by atomic mass is 10.0. The van der Waals surface area contributed by atoms with E-state index in [-0.39, 0.29) is 6.04 Å². The number of rotatable bonds is 5. The molecule has 0 radical (unpaired) electrons. The van der Waals surface area contributed by atoms with Gasteiger partial charge in [-0.05, 0) is 30.9 Å². The van der Waals surface area contributed by atoms with Gasteiger partial charge in [0, 0.05) is 12.3 Å². The van der Waals surface area contributed by atoms with Crippen molar-refractivity contribution in [1.82, 2.24) is 10.4 Å². The monoisotopic (exact) mass is 249 g/mol. The van der Waals surface area contributed by atoms with E-state index in [9.17, 15) is 0 Å². The molecule has 2 heterocycles. The maximum absolute atomic E-state index is 5.62. The van der Waals surface area contributed by atoms with Gasteiger partial charge in [0.25, 0.3) is 0 Å². The Balaban J connectivity index is 2.02. The lowest BCUT2D eigenvalue weighted by Gasteiger charge is -2.23. The molecule has 18 heavy (non-hydrogen) atoms. The van der Waals surface area contributed by atoms with Crippen molar-refractivity contribution in [1.29, 1.82) is 0 Å². The highest BCUT2D eigenvalue weighted by Crippen LogP contribution is 2.17. The highest BCUT2D eigenvalue weighted by molar-refractivity contribution is 5.21. The summed E-state index contributed by atoms with van der Waals surface area (Å²) in [6, 6.07) is 3.83. The Morgan fingerprint density at radius 2 is 2.44 bits per heavy atom. The fourth-order valence-corrected chi connectivity index (χ4v) is 1.95. The fraction of sp³-hybridized carbons (Fsp3) is 0.462. The van der Waals surface area contributed by atoms with E-state index in [1.807, 2.05) is 12.1 Å². The van der Waals surface area contributed by atoms with Crippen molar-refractivity contribution in [2.75, 3.05) is 13.7 Å². The summed E-state index contributed by atoms with van der Waals surface area (Å²) in [5, 5.41) is 0. The number of pyridine rings is 1. The molecule has 0 aliphatic carbocycles. The molecule has 3 N–H and O–H groups in total. The normalized spacial score (nSPS) is 16.7.